The van der Waals surface area contributed by atoms with Crippen LogP contribution in [0.3, 0.4) is 0 Å². The first-order chi connectivity index (χ1) is 6.86. The second-order valence-electron chi connectivity index (χ2n) is 3.03. The van der Waals surface area contributed by atoms with Crippen LogP contribution in [0.2, 0.25) is 0 Å². The maximum Gasteiger partial charge on any atom is 0.349 e. The highest BCUT2D eigenvalue weighted by molar-refractivity contribution is 7.91. The Morgan fingerprint density at radius 3 is 2.67 bits per heavy atom. The summed E-state index contributed by atoms with van der Waals surface area (Å²) in [5, 5.41) is -0.293. The maximum atomic E-state index is 11.2. The molecule has 0 fully saturated rings. The molecule has 1 heterocycles. The first-order valence-electron chi connectivity index (χ1n) is 4.09. The number of ether oxygens (including phenoxy) is 1. The van der Waals surface area contributed by atoms with Crippen LogP contribution in [-0.2, 0) is 14.6 Å². The normalized spacial score (nSPS) is 13.5. The van der Waals surface area contributed by atoms with Crippen LogP contribution in [0, 0.1) is 0 Å². The van der Waals surface area contributed by atoms with E-state index in [9.17, 15) is 13.2 Å². The molecule has 1 aromatic heterocycles. The number of carbonyl (C=O) groups is 1. The summed E-state index contributed by atoms with van der Waals surface area (Å²) in [6.45, 7) is 1.54. The zero-order valence-electron chi connectivity index (χ0n) is 8.55. The van der Waals surface area contributed by atoms with Crippen LogP contribution in [0.4, 0.5) is 0 Å². The van der Waals surface area contributed by atoms with Crippen LogP contribution in [0.15, 0.2) is 6.20 Å². The lowest BCUT2D eigenvalue weighted by atomic mass is 10.5. The standard InChI is InChI=1S/C8H11NO4S2/c1-5(15(3,11)12)7-9-4-6(14-7)8(10)13-2/h4-5H,1-3H3. The van der Waals surface area contributed by atoms with E-state index in [1.165, 1.54) is 20.2 Å². The number of aromatic nitrogens is 1. The summed E-state index contributed by atoms with van der Waals surface area (Å²) in [7, 11) is -1.91. The average molecular weight is 249 g/mol. The molecule has 1 atom stereocenters. The number of thiazole rings is 1. The molecule has 0 N–H and O–H groups in total. The third kappa shape index (κ3) is 2.75. The number of esters is 1. The van der Waals surface area contributed by atoms with Crippen LogP contribution in [0.1, 0.15) is 26.9 Å². The minimum Gasteiger partial charge on any atom is -0.465 e. The lowest BCUT2D eigenvalue weighted by molar-refractivity contribution is 0.0606. The highest BCUT2D eigenvalue weighted by Crippen LogP contribution is 2.25. The van der Waals surface area contributed by atoms with Gasteiger partial charge in [0.15, 0.2) is 9.84 Å². The van der Waals surface area contributed by atoms with Crippen LogP contribution >= 0.6 is 11.3 Å². The van der Waals surface area contributed by atoms with Crippen LogP contribution in [-0.4, -0.2) is 32.7 Å². The van der Waals surface area contributed by atoms with Gasteiger partial charge in [-0.2, -0.15) is 0 Å². The molecule has 0 amide bonds. The molecule has 0 aromatic carbocycles. The maximum absolute atomic E-state index is 11.2. The quantitative estimate of drug-likeness (QED) is 0.748. The van der Waals surface area contributed by atoms with Gasteiger partial charge in [-0.25, -0.2) is 18.2 Å². The van der Waals surface area contributed by atoms with Gasteiger partial charge in [-0.3, -0.25) is 0 Å². The molecule has 0 saturated heterocycles. The Kier molecular flexibility index (Phi) is 3.46. The van der Waals surface area contributed by atoms with E-state index in [0.717, 1.165) is 17.6 Å². The second-order valence-corrected chi connectivity index (χ2v) is 6.45. The van der Waals surface area contributed by atoms with Gasteiger partial charge >= 0.3 is 5.97 Å². The van der Waals surface area contributed by atoms with E-state index in [1.807, 2.05) is 0 Å². The SMILES string of the molecule is COC(=O)c1cnc(C(C)S(C)(=O)=O)s1. The average Bonchev–Trinajstić information content (AvgIpc) is 2.62. The minimum atomic E-state index is -3.18. The molecule has 7 heteroatoms. The zero-order valence-corrected chi connectivity index (χ0v) is 10.2. The Hall–Kier alpha value is -0.950. The van der Waals surface area contributed by atoms with E-state index < -0.39 is 21.1 Å². The summed E-state index contributed by atoms with van der Waals surface area (Å²) in [5.74, 6) is -0.501. The molecule has 0 bridgehead atoms. The van der Waals surface area contributed by atoms with Gasteiger partial charge in [-0.15, -0.1) is 11.3 Å². The Balaban J connectivity index is 3.00. The fraction of sp³-hybridized carbons (Fsp3) is 0.500. The Bertz CT molecular complexity index is 463. The fourth-order valence-electron chi connectivity index (χ4n) is 0.854. The van der Waals surface area contributed by atoms with Crippen molar-refractivity contribution in [2.24, 2.45) is 0 Å². The molecular weight excluding hydrogens is 238 g/mol. The lowest BCUT2D eigenvalue weighted by Crippen LogP contribution is -2.06. The number of methoxy groups -OCH3 is 1. The van der Waals surface area contributed by atoms with E-state index in [1.54, 1.807) is 0 Å². The molecule has 0 aliphatic heterocycles. The van der Waals surface area contributed by atoms with Crippen LogP contribution in [0.25, 0.3) is 0 Å². The summed E-state index contributed by atoms with van der Waals surface area (Å²) < 4.78 is 27.0. The zero-order chi connectivity index (χ0) is 11.6. The molecule has 0 spiro atoms. The van der Waals surface area contributed by atoms with Crippen molar-refractivity contribution in [3.8, 4) is 0 Å². The number of sulfone groups is 1. The predicted molar refractivity (Wildman–Crippen MR) is 56.7 cm³/mol. The lowest BCUT2D eigenvalue weighted by Gasteiger charge is -2.03. The van der Waals surface area contributed by atoms with Crippen molar-refractivity contribution in [3.05, 3.63) is 16.1 Å². The largest absolute Gasteiger partial charge is 0.465 e. The molecule has 84 valence electrons. The highest BCUT2D eigenvalue weighted by Gasteiger charge is 2.22. The first kappa shape index (κ1) is 12.1. The molecule has 0 radical (unpaired) electrons. The Morgan fingerprint density at radius 1 is 1.60 bits per heavy atom. The molecule has 1 aromatic rings. The second kappa shape index (κ2) is 4.28. The number of rotatable bonds is 3. The Morgan fingerprint density at radius 2 is 2.20 bits per heavy atom. The first-order valence-corrected chi connectivity index (χ1v) is 6.86. The van der Waals surface area contributed by atoms with E-state index in [0.29, 0.717) is 9.88 Å². The van der Waals surface area contributed by atoms with Crippen molar-refractivity contribution >= 4 is 27.1 Å². The summed E-state index contributed by atoms with van der Waals surface area (Å²) in [6, 6.07) is 0. The van der Waals surface area contributed by atoms with Crippen molar-refractivity contribution in [1.29, 1.82) is 0 Å². The van der Waals surface area contributed by atoms with Gasteiger partial charge in [0.25, 0.3) is 0 Å². The van der Waals surface area contributed by atoms with Gasteiger partial charge in [0.05, 0.1) is 13.3 Å². The van der Waals surface area contributed by atoms with E-state index in [4.69, 9.17) is 0 Å². The van der Waals surface area contributed by atoms with Gasteiger partial charge in [0, 0.05) is 6.26 Å². The predicted octanol–water partition coefficient (Wildman–Crippen LogP) is 1.04. The Labute approximate surface area is 92.0 Å². The van der Waals surface area contributed by atoms with Crippen molar-refractivity contribution in [3.63, 3.8) is 0 Å². The van der Waals surface area contributed by atoms with Crippen LogP contribution in [0.5, 0.6) is 0 Å². The summed E-state index contributed by atoms with van der Waals surface area (Å²) in [6.07, 6.45) is 2.46. The summed E-state index contributed by atoms with van der Waals surface area (Å²) >= 11 is 1.04. The van der Waals surface area contributed by atoms with Gasteiger partial charge in [0.2, 0.25) is 0 Å². The minimum absolute atomic E-state index is 0.308. The number of carbonyl (C=O) groups excluding carboxylic acids is 1. The molecule has 0 saturated carbocycles. The van der Waals surface area contributed by atoms with Crippen molar-refractivity contribution < 1.29 is 17.9 Å². The molecule has 15 heavy (non-hydrogen) atoms. The molecule has 1 unspecified atom stereocenters. The molecule has 5 nitrogen and oxygen atoms in total. The van der Waals surface area contributed by atoms with Gasteiger partial charge < -0.3 is 4.74 Å². The summed E-state index contributed by atoms with van der Waals surface area (Å²) in [4.78, 5) is 15.3. The third-order valence-electron chi connectivity index (χ3n) is 1.90. The number of nitrogens with zero attached hydrogens (tertiary/aromatic N) is 1. The smallest absolute Gasteiger partial charge is 0.349 e. The molecule has 0 aliphatic carbocycles. The highest BCUT2D eigenvalue weighted by atomic mass is 32.2. The monoisotopic (exact) mass is 249 g/mol. The van der Waals surface area contributed by atoms with E-state index in [2.05, 4.69) is 9.72 Å². The topological polar surface area (TPSA) is 73.3 Å². The number of hydrogen-bond donors (Lipinski definition) is 0. The third-order valence-corrected chi connectivity index (χ3v) is 4.72. The van der Waals surface area contributed by atoms with Gasteiger partial charge in [-0.1, -0.05) is 0 Å². The van der Waals surface area contributed by atoms with Gasteiger partial charge in [0.1, 0.15) is 15.1 Å². The van der Waals surface area contributed by atoms with E-state index in [-0.39, 0.29) is 0 Å². The molecule has 1 rings (SSSR count). The van der Waals surface area contributed by atoms with Crippen LogP contribution < -0.4 is 0 Å². The van der Waals surface area contributed by atoms with Crippen molar-refractivity contribution in [2.45, 2.75) is 12.2 Å². The van der Waals surface area contributed by atoms with Crippen molar-refractivity contribution in [2.75, 3.05) is 13.4 Å². The van der Waals surface area contributed by atoms with E-state index >= 15 is 0 Å². The number of hydrogen-bond acceptors (Lipinski definition) is 6. The van der Waals surface area contributed by atoms with Gasteiger partial charge in [-0.05, 0) is 6.92 Å². The fourth-order valence-corrected chi connectivity index (χ4v) is 2.72. The molecular formula is C8H11NO4S2. The summed E-state index contributed by atoms with van der Waals surface area (Å²) in [5.41, 5.74) is 0. The molecule has 0 aliphatic rings. The van der Waals surface area contributed by atoms with Crippen molar-refractivity contribution in [1.82, 2.24) is 4.98 Å².